The molecule has 1 unspecified atom stereocenters. The number of aliphatic hydroxyl groups excluding tert-OH is 1. The highest BCUT2D eigenvalue weighted by molar-refractivity contribution is 5.38. The minimum atomic E-state index is 0.129. The molecule has 0 aliphatic rings. The van der Waals surface area contributed by atoms with Crippen LogP contribution in [0.4, 0.5) is 5.69 Å². The summed E-state index contributed by atoms with van der Waals surface area (Å²) in [6, 6.07) is 0.465. The van der Waals surface area contributed by atoms with Gasteiger partial charge in [-0.05, 0) is 13.3 Å². The molecule has 1 atom stereocenters. The lowest BCUT2D eigenvalue weighted by atomic mass is 10.2. The van der Waals surface area contributed by atoms with Crippen molar-refractivity contribution in [3.8, 4) is 0 Å². The highest BCUT2D eigenvalue weighted by Crippen LogP contribution is 2.07. The van der Waals surface area contributed by atoms with E-state index in [0.717, 1.165) is 12.1 Å². The third-order valence-corrected chi connectivity index (χ3v) is 1.99. The highest BCUT2D eigenvalue weighted by atomic mass is 16.3. The predicted molar refractivity (Wildman–Crippen MR) is 52.7 cm³/mol. The summed E-state index contributed by atoms with van der Waals surface area (Å²) in [4.78, 5) is 0. The summed E-state index contributed by atoms with van der Waals surface area (Å²) in [7, 11) is 0. The van der Waals surface area contributed by atoms with Crippen LogP contribution in [0, 0.1) is 0 Å². The molecular weight excluding hydrogens is 166 g/mol. The van der Waals surface area contributed by atoms with E-state index < -0.39 is 0 Å². The van der Waals surface area contributed by atoms with Crippen LogP contribution in [0.5, 0.6) is 0 Å². The van der Waals surface area contributed by atoms with Gasteiger partial charge in [0.25, 0.3) is 0 Å². The normalized spacial score (nSPS) is 12.8. The smallest absolute Gasteiger partial charge is 0.0728 e. The topological polar surface area (TPSA) is 50.1 Å². The molecule has 1 aromatic rings. The summed E-state index contributed by atoms with van der Waals surface area (Å²) < 4.78 is 1.73. The van der Waals surface area contributed by atoms with Gasteiger partial charge in [-0.2, -0.15) is 5.10 Å². The summed E-state index contributed by atoms with van der Waals surface area (Å²) in [6.45, 7) is 4.95. The molecule has 0 spiro atoms. The van der Waals surface area contributed by atoms with Crippen LogP contribution in [-0.4, -0.2) is 27.5 Å². The Morgan fingerprint density at radius 2 is 2.46 bits per heavy atom. The van der Waals surface area contributed by atoms with Crippen LogP contribution in [0.25, 0.3) is 0 Å². The molecule has 0 saturated carbocycles. The summed E-state index contributed by atoms with van der Waals surface area (Å²) >= 11 is 0. The fourth-order valence-electron chi connectivity index (χ4n) is 1.05. The molecule has 0 aliphatic heterocycles. The number of nitrogens with one attached hydrogen (secondary N) is 1. The van der Waals surface area contributed by atoms with E-state index in [2.05, 4.69) is 24.3 Å². The van der Waals surface area contributed by atoms with Gasteiger partial charge in [0.1, 0.15) is 0 Å². The Labute approximate surface area is 78.6 Å². The molecule has 0 radical (unpaired) electrons. The van der Waals surface area contributed by atoms with Gasteiger partial charge in [-0.15, -0.1) is 0 Å². The number of aliphatic hydroxyl groups is 1. The zero-order valence-electron chi connectivity index (χ0n) is 8.20. The van der Waals surface area contributed by atoms with E-state index in [9.17, 15) is 0 Å². The van der Waals surface area contributed by atoms with E-state index in [-0.39, 0.29) is 6.61 Å². The first-order chi connectivity index (χ1) is 6.26. The summed E-state index contributed by atoms with van der Waals surface area (Å²) in [5.74, 6) is 0. The van der Waals surface area contributed by atoms with Gasteiger partial charge in [-0.3, -0.25) is 4.68 Å². The monoisotopic (exact) mass is 183 g/mol. The van der Waals surface area contributed by atoms with Crippen LogP contribution < -0.4 is 5.32 Å². The van der Waals surface area contributed by atoms with E-state index in [4.69, 9.17) is 5.11 Å². The van der Waals surface area contributed by atoms with Crippen LogP contribution >= 0.6 is 0 Å². The van der Waals surface area contributed by atoms with Crippen molar-refractivity contribution in [2.45, 2.75) is 32.9 Å². The van der Waals surface area contributed by atoms with E-state index in [0.29, 0.717) is 12.6 Å². The largest absolute Gasteiger partial charge is 0.394 e. The molecule has 1 aromatic heterocycles. The van der Waals surface area contributed by atoms with Gasteiger partial charge in [0.15, 0.2) is 0 Å². The van der Waals surface area contributed by atoms with Crippen molar-refractivity contribution >= 4 is 5.69 Å². The first-order valence-electron chi connectivity index (χ1n) is 4.66. The molecule has 0 saturated heterocycles. The molecule has 74 valence electrons. The van der Waals surface area contributed by atoms with Crippen molar-refractivity contribution < 1.29 is 5.11 Å². The molecule has 0 fully saturated rings. The Balaban J connectivity index is 2.48. The number of rotatable bonds is 5. The van der Waals surface area contributed by atoms with Crippen LogP contribution in [0.1, 0.15) is 20.3 Å². The van der Waals surface area contributed by atoms with Crippen molar-refractivity contribution in [3.05, 3.63) is 12.4 Å². The zero-order chi connectivity index (χ0) is 9.68. The molecule has 0 amide bonds. The van der Waals surface area contributed by atoms with Crippen LogP contribution in [0.3, 0.4) is 0 Å². The standard InChI is InChI=1S/C9H17N3O/c1-3-8(2)11-9-6-10-12(7-9)4-5-13/h6-8,11,13H,3-5H2,1-2H3. The lowest BCUT2D eigenvalue weighted by molar-refractivity contribution is 0.269. The summed E-state index contributed by atoms with van der Waals surface area (Å²) in [5.41, 5.74) is 1.02. The van der Waals surface area contributed by atoms with Gasteiger partial charge < -0.3 is 10.4 Å². The van der Waals surface area contributed by atoms with Crippen LogP contribution in [0.2, 0.25) is 0 Å². The second-order valence-electron chi connectivity index (χ2n) is 3.17. The molecule has 0 bridgehead atoms. The molecule has 2 N–H and O–H groups in total. The van der Waals surface area contributed by atoms with Crippen molar-refractivity contribution in [2.75, 3.05) is 11.9 Å². The van der Waals surface area contributed by atoms with Crippen molar-refractivity contribution in [1.29, 1.82) is 0 Å². The Bertz CT molecular complexity index is 247. The minimum absolute atomic E-state index is 0.129. The fraction of sp³-hybridized carbons (Fsp3) is 0.667. The molecule has 0 aliphatic carbocycles. The van der Waals surface area contributed by atoms with Gasteiger partial charge in [0.2, 0.25) is 0 Å². The maximum atomic E-state index is 8.68. The van der Waals surface area contributed by atoms with E-state index in [1.165, 1.54) is 0 Å². The van der Waals surface area contributed by atoms with E-state index in [1.807, 2.05) is 6.20 Å². The average Bonchev–Trinajstić information content (AvgIpc) is 2.53. The van der Waals surface area contributed by atoms with Crippen LogP contribution in [0.15, 0.2) is 12.4 Å². The quantitative estimate of drug-likeness (QED) is 0.718. The molecule has 1 heterocycles. The zero-order valence-corrected chi connectivity index (χ0v) is 8.20. The van der Waals surface area contributed by atoms with E-state index >= 15 is 0 Å². The second-order valence-corrected chi connectivity index (χ2v) is 3.17. The third kappa shape index (κ3) is 3.06. The van der Waals surface area contributed by atoms with Crippen LogP contribution in [-0.2, 0) is 6.54 Å². The second kappa shape index (κ2) is 4.87. The number of hydrogen-bond acceptors (Lipinski definition) is 3. The molecule has 0 aromatic carbocycles. The maximum Gasteiger partial charge on any atom is 0.0728 e. The number of anilines is 1. The number of hydrogen-bond donors (Lipinski definition) is 2. The number of nitrogens with zero attached hydrogens (tertiary/aromatic N) is 2. The molecule has 4 nitrogen and oxygen atoms in total. The molecule has 1 rings (SSSR count). The van der Waals surface area contributed by atoms with Gasteiger partial charge >= 0.3 is 0 Å². The van der Waals surface area contributed by atoms with Gasteiger partial charge in [-0.1, -0.05) is 6.92 Å². The van der Waals surface area contributed by atoms with E-state index in [1.54, 1.807) is 10.9 Å². The van der Waals surface area contributed by atoms with Crippen molar-refractivity contribution in [2.24, 2.45) is 0 Å². The lowest BCUT2D eigenvalue weighted by Gasteiger charge is -2.09. The van der Waals surface area contributed by atoms with Crippen molar-refractivity contribution in [1.82, 2.24) is 9.78 Å². The van der Waals surface area contributed by atoms with Gasteiger partial charge in [-0.25, -0.2) is 0 Å². The molecule has 13 heavy (non-hydrogen) atoms. The van der Waals surface area contributed by atoms with Gasteiger partial charge in [0, 0.05) is 12.2 Å². The Morgan fingerprint density at radius 3 is 3.08 bits per heavy atom. The maximum absolute atomic E-state index is 8.68. The first kappa shape index (κ1) is 10.1. The summed E-state index contributed by atoms with van der Waals surface area (Å²) in [5, 5.41) is 16.1. The predicted octanol–water partition coefficient (Wildman–Crippen LogP) is 1.09. The molecular formula is C9H17N3O. The first-order valence-corrected chi connectivity index (χ1v) is 4.66. The highest BCUT2D eigenvalue weighted by Gasteiger charge is 2.00. The Hall–Kier alpha value is -1.03. The lowest BCUT2D eigenvalue weighted by Crippen LogP contribution is -2.12. The Kier molecular flexibility index (Phi) is 3.76. The average molecular weight is 183 g/mol. The third-order valence-electron chi connectivity index (χ3n) is 1.99. The molecule has 4 heteroatoms. The van der Waals surface area contributed by atoms with Crippen molar-refractivity contribution in [3.63, 3.8) is 0 Å². The minimum Gasteiger partial charge on any atom is -0.394 e. The number of aromatic nitrogens is 2. The van der Waals surface area contributed by atoms with Gasteiger partial charge in [0.05, 0.1) is 25.0 Å². The fourth-order valence-corrected chi connectivity index (χ4v) is 1.05. The SMILES string of the molecule is CCC(C)Nc1cnn(CCO)c1. The summed E-state index contributed by atoms with van der Waals surface area (Å²) in [6.07, 6.45) is 4.77. The Morgan fingerprint density at radius 1 is 1.69 bits per heavy atom.